The summed E-state index contributed by atoms with van der Waals surface area (Å²) in [6, 6.07) is 0. The van der Waals surface area contributed by atoms with Gasteiger partial charge in [0.2, 0.25) is 0 Å². The maximum Gasteiger partial charge on any atom is 0.472 e. The first-order valence-electron chi connectivity index (χ1n) is 46.1. The fourth-order valence-corrected chi connectivity index (χ4v) is 15.6. The molecule has 0 spiro atoms. The highest BCUT2D eigenvalue weighted by molar-refractivity contribution is 7.47. The molecule has 0 aromatic rings. The van der Waals surface area contributed by atoms with E-state index >= 15 is 0 Å². The van der Waals surface area contributed by atoms with E-state index in [2.05, 4.69) is 34.6 Å². The molecule has 5 atom stereocenters. The Morgan fingerprint density at radius 1 is 0.250 bits per heavy atom. The summed E-state index contributed by atoms with van der Waals surface area (Å²) in [6.07, 6.45) is 76.5. The zero-order chi connectivity index (χ0) is 79.0. The highest BCUT2D eigenvalue weighted by Crippen LogP contribution is 2.45. The van der Waals surface area contributed by atoms with Crippen LogP contribution in [-0.4, -0.2) is 96.7 Å². The van der Waals surface area contributed by atoms with Gasteiger partial charge in [0.25, 0.3) is 0 Å². The molecule has 0 radical (unpaired) electrons. The molecule has 17 nitrogen and oxygen atoms in total. The molecule has 0 bridgehead atoms. The standard InChI is InChI=1S/C89H174O17P2/c1-6-9-12-15-18-21-23-25-27-29-31-36-40-44-48-53-58-63-68-73-87(92)100-79-85(106-89(94)75-70-65-60-55-50-46-42-38-34-33-35-39-43-47-52-56-61-66-71-82(4)5)81-104-108(97,98)102-77-83(90)76-101-107(95,96)103-80-84(78-99-86(91)72-67-62-57-51-20-17-14-11-8-3)105-88(93)74-69-64-59-54-49-45-41-37-32-30-28-26-24-22-19-16-13-10-7-2/h82-85,90H,6-81H2,1-5H3,(H,95,96)(H,97,98)/t83-,84+,85+/m0/s1. The Kier molecular flexibility index (Phi) is 80.2. The fraction of sp³-hybridized carbons (Fsp3) is 0.955. The Morgan fingerprint density at radius 3 is 0.630 bits per heavy atom. The smallest absolute Gasteiger partial charge is 0.462 e. The lowest BCUT2D eigenvalue weighted by molar-refractivity contribution is -0.161. The van der Waals surface area contributed by atoms with Gasteiger partial charge in [0, 0.05) is 25.7 Å². The number of phosphoric ester groups is 2. The fourth-order valence-electron chi connectivity index (χ4n) is 14.0. The van der Waals surface area contributed by atoms with Crippen molar-refractivity contribution in [2.24, 2.45) is 5.92 Å². The molecule has 0 aromatic carbocycles. The van der Waals surface area contributed by atoms with Crippen LogP contribution in [0.25, 0.3) is 0 Å². The van der Waals surface area contributed by atoms with Gasteiger partial charge in [0.05, 0.1) is 26.4 Å². The van der Waals surface area contributed by atoms with Crippen LogP contribution < -0.4 is 0 Å². The number of ether oxygens (including phenoxy) is 4. The average molecular weight is 1580 g/mol. The van der Waals surface area contributed by atoms with E-state index in [0.717, 1.165) is 95.8 Å². The van der Waals surface area contributed by atoms with Gasteiger partial charge in [-0.2, -0.15) is 0 Å². The zero-order valence-electron chi connectivity index (χ0n) is 71.0. The Balaban J connectivity index is 5.19. The van der Waals surface area contributed by atoms with Gasteiger partial charge in [0.1, 0.15) is 19.3 Å². The maximum atomic E-state index is 13.2. The number of hydrogen-bond acceptors (Lipinski definition) is 15. The molecule has 0 saturated carbocycles. The van der Waals surface area contributed by atoms with E-state index in [4.69, 9.17) is 37.0 Å². The molecule has 642 valence electrons. The van der Waals surface area contributed by atoms with Gasteiger partial charge in [-0.05, 0) is 31.6 Å². The quantitative estimate of drug-likeness (QED) is 0.0222. The summed E-state index contributed by atoms with van der Waals surface area (Å²) in [6.45, 7) is 7.40. The van der Waals surface area contributed by atoms with Crippen molar-refractivity contribution in [2.75, 3.05) is 39.6 Å². The zero-order valence-corrected chi connectivity index (χ0v) is 72.8. The van der Waals surface area contributed by atoms with E-state index in [9.17, 15) is 43.2 Å². The van der Waals surface area contributed by atoms with Crippen LogP contribution in [0, 0.1) is 5.92 Å². The predicted octanol–water partition coefficient (Wildman–Crippen LogP) is 27.5. The van der Waals surface area contributed by atoms with Gasteiger partial charge in [0.15, 0.2) is 12.2 Å². The summed E-state index contributed by atoms with van der Waals surface area (Å²) >= 11 is 0. The molecule has 0 aliphatic rings. The largest absolute Gasteiger partial charge is 0.472 e. The number of carbonyl (C=O) groups excluding carboxylic acids is 4. The Bertz CT molecular complexity index is 2050. The molecule has 0 saturated heterocycles. The van der Waals surface area contributed by atoms with Crippen LogP contribution in [0.2, 0.25) is 0 Å². The number of rotatable bonds is 89. The summed E-state index contributed by atoms with van der Waals surface area (Å²) in [7, 11) is -9.93. The summed E-state index contributed by atoms with van der Waals surface area (Å²) in [5.74, 6) is -1.28. The van der Waals surface area contributed by atoms with E-state index < -0.39 is 97.5 Å². The molecule has 0 amide bonds. The highest BCUT2D eigenvalue weighted by Gasteiger charge is 2.30. The van der Waals surface area contributed by atoms with Crippen molar-refractivity contribution < 1.29 is 80.2 Å². The number of aliphatic hydroxyl groups excluding tert-OH is 1. The maximum absolute atomic E-state index is 13.2. The van der Waals surface area contributed by atoms with E-state index in [1.807, 2.05) is 0 Å². The van der Waals surface area contributed by atoms with Gasteiger partial charge in [-0.25, -0.2) is 9.13 Å². The highest BCUT2D eigenvalue weighted by atomic mass is 31.2. The van der Waals surface area contributed by atoms with Gasteiger partial charge >= 0.3 is 39.5 Å². The second-order valence-electron chi connectivity index (χ2n) is 32.5. The number of esters is 4. The van der Waals surface area contributed by atoms with Crippen LogP contribution in [0.4, 0.5) is 0 Å². The molecular weight excluding hydrogens is 1400 g/mol. The summed E-state index contributed by atoms with van der Waals surface area (Å²) in [4.78, 5) is 73.3. The van der Waals surface area contributed by atoms with E-state index in [0.29, 0.717) is 25.7 Å². The predicted molar refractivity (Wildman–Crippen MR) is 446 cm³/mol. The van der Waals surface area contributed by atoms with E-state index in [1.165, 1.54) is 308 Å². The molecule has 2 unspecified atom stereocenters. The summed E-state index contributed by atoms with van der Waals surface area (Å²) in [5.41, 5.74) is 0. The average Bonchev–Trinajstić information content (AvgIpc) is 0.901. The Morgan fingerprint density at radius 2 is 0.426 bits per heavy atom. The minimum Gasteiger partial charge on any atom is -0.462 e. The molecule has 0 aliphatic carbocycles. The second-order valence-corrected chi connectivity index (χ2v) is 35.4. The molecule has 0 aromatic heterocycles. The van der Waals surface area contributed by atoms with Crippen LogP contribution in [-0.2, 0) is 65.4 Å². The van der Waals surface area contributed by atoms with Gasteiger partial charge in [-0.3, -0.25) is 37.3 Å². The normalized spacial score (nSPS) is 13.7. The molecular formula is C89H174O17P2. The summed E-state index contributed by atoms with van der Waals surface area (Å²) < 4.78 is 69.0. The van der Waals surface area contributed by atoms with Crippen LogP contribution in [0.5, 0.6) is 0 Å². The van der Waals surface area contributed by atoms with Crippen molar-refractivity contribution in [1.29, 1.82) is 0 Å². The monoisotopic (exact) mass is 1580 g/mol. The first-order chi connectivity index (χ1) is 52.5. The van der Waals surface area contributed by atoms with Crippen LogP contribution in [0.1, 0.15) is 484 Å². The summed E-state index contributed by atoms with van der Waals surface area (Å²) in [5, 5.41) is 10.7. The van der Waals surface area contributed by atoms with E-state index in [1.54, 1.807) is 0 Å². The van der Waals surface area contributed by atoms with Crippen molar-refractivity contribution in [3.63, 3.8) is 0 Å². The first kappa shape index (κ1) is 106. The van der Waals surface area contributed by atoms with E-state index in [-0.39, 0.29) is 25.7 Å². The van der Waals surface area contributed by atoms with Gasteiger partial charge < -0.3 is 33.8 Å². The Labute approximate surface area is 664 Å². The number of unbranched alkanes of at least 4 members (excludes halogenated alkanes) is 61. The number of hydrogen-bond donors (Lipinski definition) is 3. The van der Waals surface area contributed by atoms with Gasteiger partial charge in [-0.1, -0.05) is 433 Å². The Hall–Kier alpha value is -1.94. The third-order valence-corrected chi connectivity index (χ3v) is 22.9. The molecule has 19 heteroatoms. The second kappa shape index (κ2) is 81.6. The first-order valence-corrected chi connectivity index (χ1v) is 49.1. The van der Waals surface area contributed by atoms with Crippen LogP contribution in [0.3, 0.4) is 0 Å². The number of carbonyl (C=O) groups is 4. The SMILES string of the molecule is CCCCCCCCCCCCCCCCCCCCCC(=O)OC[C@H](COP(=O)(O)OC[C@@H](O)COP(=O)(O)OC[C@@H](COC(=O)CCCCCCCCCCC)OC(=O)CCCCCCCCCCCCCCCCCCCCC)OC(=O)CCCCCCCCCCCCCCCCCCCCC(C)C. The topological polar surface area (TPSA) is 237 Å². The number of aliphatic hydroxyl groups is 1. The molecule has 0 rings (SSSR count). The molecule has 0 fully saturated rings. The minimum absolute atomic E-state index is 0.109. The number of phosphoric acid groups is 2. The van der Waals surface area contributed by atoms with Gasteiger partial charge in [-0.15, -0.1) is 0 Å². The van der Waals surface area contributed by atoms with Crippen LogP contribution in [0.15, 0.2) is 0 Å². The third kappa shape index (κ3) is 82.1. The molecule has 108 heavy (non-hydrogen) atoms. The lowest BCUT2D eigenvalue weighted by Gasteiger charge is -2.21. The minimum atomic E-state index is -4.97. The molecule has 3 N–H and O–H groups in total. The lowest BCUT2D eigenvalue weighted by Crippen LogP contribution is -2.30. The van der Waals surface area contributed by atoms with Crippen molar-refractivity contribution in [2.45, 2.75) is 502 Å². The molecule has 0 heterocycles. The van der Waals surface area contributed by atoms with Crippen molar-refractivity contribution >= 4 is 39.5 Å². The van der Waals surface area contributed by atoms with Crippen LogP contribution >= 0.6 is 15.6 Å². The third-order valence-electron chi connectivity index (χ3n) is 21.0. The van der Waals surface area contributed by atoms with Crippen molar-refractivity contribution in [1.82, 2.24) is 0 Å². The molecule has 0 aliphatic heterocycles. The lowest BCUT2D eigenvalue weighted by atomic mass is 10.0. The van der Waals surface area contributed by atoms with Crippen molar-refractivity contribution in [3.8, 4) is 0 Å². The van der Waals surface area contributed by atoms with Crippen molar-refractivity contribution in [3.05, 3.63) is 0 Å².